The zero-order chi connectivity index (χ0) is 68.6. The van der Waals surface area contributed by atoms with Gasteiger partial charge >= 0.3 is 0 Å². The molecule has 16 aromatic carbocycles. The van der Waals surface area contributed by atoms with Crippen molar-refractivity contribution in [2.24, 2.45) is 0 Å². The monoisotopic (exact) mass is 1320 g/mol. The maximum atomic E-state index is 5.23. The first-order valence-corrected chi connectivity index (χ1v) is 35.0. The molecule has 20 rings (SSSR count). The molecule has 20 aromatic rings. The Morgan fingerprint density at radius 3 is 0.788 bits per heavy atom. The highest BCUT2D eigenvalue weighted by Crippen LogP contribution is 2.46. The zero-order valence-corrected chi connectivity index (χ0v) is 56.1. The Kier molecular flexibility index (Phi) is 14.4. The van der Waals surface area contributed by atoms with Gasteiger partial charge in [-0.25, -0.2) is 29.9 Å². The summed E-state index contributed by atoms with van der Waals surface area (Å²) in [4.78, 5) is 40.5. The van der Waals surface area contributed by atoms with E-state index < -0.39 is 0 Å². The molecular weight excluding hydrogens is 1270 g/mol. The van der Waals surface area contributed by atoms with Crippen molar-refractivity contribution in [1.29, 1.82) is 0 Å². The second kappa shape index (κ2) is 25.0. The molecule has 0 saturated carbocycles. The molecule has 0 unspecified atom stereocenters. The van der Waals surface area contributed by atoms with Gasteiger partial charge in [0.25, 0.3) is 0 Å². The molecule has 0 atom stereocenters. The summed E-state index contributed by atoms with van der Waals surface area (Å²) in [5, 5.41) is 19.9. The van der Waals surface area contributed by atoms with Gasteiger partial charge < -0.3 is 0 Å². The molecule has 0 N–H and O–H groups in total. The van der Waals surface area contributed by atoms with Gasteiger partial charge in [-0.15, -0.1) is 0 Å². The summed E-state index contributed by atoms with van der Waals surface area (Å²) in [5.74, 6) is 3.48. The number of hydrogen-bond donors (Lipinski definition) is 0. The van der Waals surface area contributed by atoms with Crippen LogP contribution in [-0.2, 0) is 0 Å². The molecule has 0 aliphatic carbocycles. The molecule has 482 valence electrons. The normalized spacial score (nSPS) is 11.7. The summed E-state index contributed by atoms with van der Waals surface area (Å²) in [6, 6.07) is 120. The standard InChI is InChI=1S/C96H58N8/c1-2-18-64(19-3-1)91-99-92(101-93(100-91)66-45-35-60(36-46-66)83-57-85-75-24-6-4-20-71(75)73-22-8-12-28-79(73)89(85)81-30-14-10-26-77(81)83)65-43-33-59(34-44-65)70-53-55-98-88(56-70)63-41-51-69(52-42-63)96-103-94(102-95(104-96)68-49-39-62(40-50-68)87-32-16-17-54-97-87)67-47-37-61(38-48-67)84-58-86-76-25-7-5-21-72(76)74-23-9-13-29-80(74)90(86)82-31-15-11-27-78(82)84/h1-58H. The average Bonchev–Trinajstić information content (AvgIpc) is 0.726. The highest BCUT2D eigenvalue weighted by atomic mass is 15.0. The number of aromatic nitrogens is 8. The predicted octanol–water partition coefficient (Wildman–Crippen LogP) is 24.4. The lowest BCUT2D eigenvalue weighted by atomic mass is 9.87. The van der Waals surface area contributed by atoms with Crippen LogP contribution in [0.1, 0.15) is 0 Å². The molecule has 8 nitrogen and oxygen atoms in total. The van der Waals surface area contributed by atoms with Gasteiger partial charge in [0, 0.05) is 56.9 Å². The molecule has 0 saturated heterocycles. The van der Waals surface area contributed by atoms with E-state index in [1.807, 2.05) is 67.0 Å². The van der Waals surface area contributed by atoms with Crippen molar-refractivity contribution < 1.29 is 0 Å². The van der Waals surface area contributed by atoms with Crippen LogP contribution in [0.5, 0.6) is 0 Å². The van der Waals surface area contributed by atoms with Crippen LogP contribution in [0.25, 0.3) is 210 Å². The summed E-state index contributed by atoms with van der Waals surface area (Å²) < 4.78 is 0. The van der Waals surface area contributed by atoms with Gasteiger partial charge in [0.05, 0.1) is 11.4 Å². The largest absolute Gasteiger partial charge is 0.256 e. The smallest absolute Gasteiger partial charge is 0.164 e. The van der Waals surface area contributed by atoms with Crippen molar-refractivity contribution in [3.8, 4) is 124 Å². The minimum atomic E-state index is 0.559. The van der Waals surface area contributed by atoms with Crippen LogP contribution in [0.2, 0.25) is 0 Å². The maximum Gasteiger partial charge on any atom is 0.164 e. The highest BCUT2D eigenvalue weighted by Gasteiger charge is 2.21. The first-order valence-electron chi connectivity index (χ1n) is 35.0. The van der Waals surface area contributed by atoms with Crippen LogP contribution in [0.3, 0.4) is 0 Å². The molecule has 0 spiro atoms. The van der Waals surface area contributed by atoms with Crippen LogP contribution in [0.4, 0.5) is 0 Å². The third-order valence-corrected chi connectivity index (χ3v) is 20.5. The predicted molar refractivity (Wildman–Crippen MR) is 429 cm³/mol. The van der Waals surface area contributed by atoms with E-state index in [9.17, 15) is 0 Å². The number of nitrogens with zero attached hydrogens (tertiary/aromatic N) is 8. The first-order chi connectivity index (χ1) is 51.5. The number of pyridine rings is 2. The molecule has 0 fully saturated rings. The van der Waals surface area contributed by atoms with E-state index in [4.69, 9.17) is 34.9 Å². The van der Waals surface area contributed by atoms with E-state index in [0.29, 0.717) is 34.9 Å². The van der Waals surface area contributed by atoms with Crippen LogP contribution in [0.15, 0.2) is 352 Å². The van der Waals surface area contributed by atoms with Crippen molar-refractivity contribution in [3.05, 3.63) is 352 Å². The van der Waals surface area contributed by atoms with Crippen molar-refractivity contribution in [3.63, 3.8) is 0 Å². The van der Waals surface area contributed by atoms with Gasteiger partial charge in [-0.3, -0.25) is 9.97 Å². The van der Waals surface area contributed by atoms with Crippen molar-refractivity contribution in [2.75, 3.05) is 0 Å². The summed E-state index contributed by atoms with van der Waals surface area (Å²) in [6.07, 6.45) is 3.68. The van der Waals surface area contributed by atoms with Crippen LogP contribution < -0.4 is 0 Å². The number of fused-ring (bicyclic) bond motifs is 16. The van der Waals surface area contributed by atoms with Crippen molar-refractivity contribution >= 4 is 86.2 Å². The Morgan fingerprint density at radius 2 is 0.413 bits per heavy atom. The Hall–Kier alpha value is -14.1. The van der Waals surface area contributed by atoms with E-state index in [0.717, 1.165) is 78.1 Å². The molecule has 0 bridgehead atoms. The Bertz CT molecular complexity index is 6790. The highest BCUT2D eigenvalue weighted by molar-refractivity contribution is 6.34. The topological polar surface area (TPSA) is 103 Å². The lowest BCUT2D eigenvalue weighted by Gasteiger charge is -2.16. The summed E-state index contributed by atoms with van der Waals surface area (Å²) in [5.41, 5.74) is 15.6. The van der Waals surface area contributed by atoms with Gasteiger partial charge in [0.2, 0.25) is 0 Å². The number of benzene rings is 16. The molecule has 8 heteroatoms. The van der Waals surface area contributed by atoms with E-state index in [-0.39, 0.29) is 0 Å². The molecule has 0 radical (unpaired) electrons. The summed E-state index contributed by atoms with van der Waals surface area (Å²) in [6.45, 7) is 0. The second-order valence-corrected chi connectivity index (χ2v) is 26.5. The third-order valence-electron chi connectivity index (χ3n) is 20.5. The van der Waals surface area contributed by atoms with Crippen molar-refractivity contribution in [1.82, 2.24) is 39.9 Å². The number of hydrogen-bond acceptors (Lipinski definition) is 8. The van der Waals surface area contributed by atoms with Crippen LogP contribution in [-0.4, -0.2) is 39.9 Å². The molecular formula is C96H58N8. The quantitative estimate of drug-likeness (QED) is 0.118. The fourth-order valence-electron chi connectivity index (χ4n) is 15.4. The number of rotatable bonds is 11. The lowest BCUT2D eigenvalue weighted by Crippen LogP contribution is -2.00. The maximum absolute atomic E-state index is 5.23. The van der Waals surface area contributed by atoms with Gasteiger partial charge in [-0.05, 0) is 156 Å². The van der Waals surface area contributed by atoms with E-state index >= 15 is 0 Å². The van der Waals surface area contributed by atoms with Crippen LogP contribution in [0, 0.1) is 0 Å². The van der Waals surface area contributed by atoms with Gasteiger partial charge in [-0.1, -0.05) is 303 Å². The SMILES string of the molecule is c1ccc(-c2nc(-c3ccc(-c4ccnc(-c5ccc(-c6nc(-c7ccc(-c8ccccn8)cc7)nc(-c7ccc(-c8cc9c%10ccccc%10c%10ccccc%10c9c9ccccc89)cc7)n6)cc5)c4)cc3)nc(-c3ccc(-c4cc5c6ccccc6c6ccccc6c5c5ccccc45)cc3)n2)cc1. The Morgan fingerprint density at radius 1 is 0.144 bits per heavy atom. The van der Waals surface area contributed by atoms with Crippen LogP contribution >= 0.6 is 0 Å². The molecule has 4 aromatic heterocycles. The van der Waals surface area contributed by atoms with E-state index in [1.54, 1.807) is 0 Å². The molecule has 104 heavy (non-hydrogen) atoms. The summed E-state index contributed by atoms with van der Waals surface area (Å²) >= 11 is 0. The zero-order valence-electron chi connectivity index (χ0n) is 56.1. The third kappa shape index (κ3) is 10.5. The van der Waals surface area contributed by atoms with E-state index in [2.05, 4.69) is 290 Å². The lowest BCUT2D eigenvalue weighted by molar-refractivity contribution is 1.07. The van der Waals surface area contributed by atoms with Gasteiger partial charge in [0.1, 0.15) is 0 Å². The molecule has 4 heterocycles. The fourth-order valence-corrected chi connectivity index (χ4v) is 15.4. The average molecular weight is 1320 g/mol. The first kappa shape index (κ1) is 59.9. The molecule has 0 aliphatic rings. The fraction of sp³-hybridized carbons (Fsp3) is 0. The minimum Gasteiger partial charge on any atom is -0.256 e. The van der Waals surface area contributed by atoms with Gasteiger partial charge in [0.15, 0.2) is 34.9 Å². The summed E-state index contributed by atoms with van der Waals surface area (Å²) in [7, 11) is 0. The van der Waals surface area contributed by atoms with Gasteiger partial charge in [-0.2, -0.15) is 0 Å². The molecule has 0 amide bonds. The minimum absolute atomic E-state index is 0.559. The van der Waals surface area contributed by atoms with E-state index in [1.165, 1.54) is 97.3 Å². The Balaban J connectivity index is 0.608. The Labute approximate surface area is 598 Å². The van der Waals surface area contributed by atoms with Crippen molar-refractivity contribution in [2.45, 2.75) is 0 Å². The second-order valence-electron chi connectivity index (χ2n) is 26.5. The molecule has 0 aliphatic heterocycles.